The van der Waals surface area contributed by atoms with Crippen LogP contribution in [0.2, 0.25) is 0 Å². The van der Waals surface area contributed by atoms with E-state index in [4.69, 9.17) is 0 Å². The molecule has 1 fully saturated rings. The number of hydrogen-bond donors (Lipinski definition) is 0. The van der Waals surface area contributed by atoms with Gasteiger partial charge in [0.1, 0.15) is 5.01 Å². The summed E-state index contributed by atoms with van der Waals surface area (Å²) < 4.78 is 24.9. The minimum atomic E-state index is -2.84. The average molecular weight is 348 g/mol. The molecular formula is C15H16N4O2S2. The molecule has 0 radical (unpaired) electrons. The lowest BCUT2D eigenvalue weighted by atomic mass is 10.1. The smallest absolute Gasteiger partial charge is 0.229 e. The van der Waals surface area contributed by atoms with Crippen molar-refractivity contribution in [3.63, 3.8) is 0 Å². The second-order valence-electron chi connectivity index (χ2n) is 5.94. The van der Waals surface area contributed by atoms with Crippen LogP contribution in [-0.4, -0.2) is 39.7 Å². The summed E-state index contributed by atoms with van der Waals surface area (Å²) in [7, 11) is -2.84. The van der Waals surface area contributed by atoms with E-state index in [-0.39, 0.29) is 11.7 Å². The highest BCUT2D eigenvalue weighted by molar-refractivity contribution is 7.91. The summed E-state index contributed by atoms with van der Waals surface area (Å²) in [6.45, 7) is 0. The van der Waals surface area contributed by atoms with E-state index < -0.39 is 9.84 Å². The Bertz CT molecular complexity index is 931. The highest BCUT2D eigenvalue weighted by Gasteiger charge is 2.29. The summed E-state index contributed by atoms with van der Waals surface area (Å²) in [5.41, 5.74) is 1.17. The van der Waals surface area contributed by atoms with E-state index in [0.29, 0.717) is 18.6 Å². The van der Waals surface area contributed by atoms with Crippen LogP contribution in [0, 0.1) is 5.92 Å². The first kappa shape index (κ1) is 14.8. The van der Waals surface area contributed by atoms with Crippen molar-refractivity contribution in [3.8, 4) is 0 Å². The van der Waals surface area contributed by atoms with E-state index in [0.717, 1.165) is 22.2 Å². The van der Waals surface area contributed by atoms with E-state index in [9.17, 15) is 8.42 Å². The fraction of sp³-hybridized carbons (Fsp3) is 0.400. The lowest BCUT2D eigenvalue weighted by Crippen LogP contribution is -2.08. The number of nitrogens with zero attached hydrogens (tertiary/aromatic N) is 4. The normalized spacial score (nSPS) is 20.3. The Balaban J connectivity index is 1.55. The van der Waals surface area contributed by atoms with Crippen LogP contribution in [0.3, 0.4) is 0 Å². The monoisotopic (exact) mass is 348 g/mol. The van der Waals surface area contributed by atoms with E-state index in [2.05, 4.69) is 27.4 Å². The molecule has 1 aliphatic heterocycles. The fourth-order valence-electron chi connectivity index (χ4n) is 2.95. The van der Waals surface area contributed by atoms with E-state index >= 15 is 0 Å². The molecule has 0 saturated carbocycles. The van der Waals surface area contributed by atoms with Crippen molar-refractivity contribution in [3.05, 3.63) is 46.7 Å². The summed E-state index contributed by atoms with van der Waals surface area (Å²) in [6, 6.07) is 10.1. The van der Waals surface area contributed by atoms with Gasteiger partial charge < -0.3 is 0 Å². The molecule has 23 heavy (non-hydrogen) atoms. The molecule has 120 valence electrons. The zero-order valence-corrected chi connectivity index (χ0v) is 14.1. The Morgan fingerprint density at radius 3 is 2.78 bits per heavy atom. The third kappa shape index (κ3) is 3.13. The van der Waals surface area contributed by atoms with Crippen molar-refractivity contribution in [2.45, 2.75) is 19.3 Å². The molecule has 0 amide bonds. The van der Waals surface area contributed by atoms with Crippen LogP contribution in [0.25, 0.3) is 4.96 Å². The summed E-state index contributed by atoms with van der Waals surface area (Å²) in [5.74, 6) is 1.58. The van der Waals surface area contributed by atoms with Gasteiger partial charge in [0.15, 0.2) is 15.7 Å². The van der Waals surface area contributed by atoms with Crippen LogP contribution >= 0.6 is 11.3 Å². The molecule has 2 aromatic heterocycles. The Morgan fingerprint density at radius 2 is 2.04 bits per heavy atom. The first-order valence-corrected chi connectivity index (χ1v) is 10.2. The second-order valence-corrected chi connectivity index (χ2v) is 9.21. The van der Waals surface area contributed by atoms with Crippen LogP contribution in [0.5, 0.6) is 0 Å². The van der Waals surface area contributed by atoms with Crippen LogP contribution in [0.1, 0.15) is 22.8 Å². The van der Waals surface area contributed by atoms with Gasteiger partial charge in [-0.15, -0.1) is 10.2 Å². The molecule has 6 nitrogen and oxygen atoms in total. The highest BCUT2D eigenvalue weighted by Crippen LogP contribution is 2.25. The van der Waals surface area contributed by atoms with Gasteiger partial charge in [0, 0.05) is 12.8 Å². The van der Waals surface area contributed by atoms with E-state index in [1.165, 1.54) is 16.9 Å². The first-order chi connectivity index (χ1) is 11.1. The third-order valence-corrected chi connectivity index (χ3v) is 6.85. The van der Waals surface area contributed by atoms with Gasteiger partial charge in [-0.05, 0) is 17.9 Å². The van der Waals surface area contributed by atoms with Gasteiger partial charge in [0.25, 0.3) is 0 Å². The van der Waals surface area contributed by atoms with Crippen molar-refractivity contribution < 1.29 is 8.42 Å². The standard InChI is InChI=1S/C15H16N4O2S2/c20-23(21)7-6-12(10-23)9-14-18-19-13(16-17-15(19)22-14)8-11-4-2-1-3-5-11/h1-5,12H,6-10H2. The van der Waals surface area contributed by atoms with Gasteiger partial charge in [-0.25, -0.2) is 8.42 Å². The van der Waals surface area contributed by atoms with Gasteiger partial charge >= 0.3 is 0 Å². The molecule has 3 aromatic rings. The zero-order valence-electron chi connectivity index (χ0n) is 12.4. The molecule has 0 aliphatic carbocycles. The second kappa shape index (κ2) is 5.68. The van der Waals surface area contributed by atoms with Crippen LogP contribution in [0.15, 0.2) is 30.3 Å². The molecule has 1 aliphatic rings. The maximum absolute atomic E-state index is 11.6. The minimum absolute atomic E-state index is 0.182. The van der Waals surface area contributed by atoms with Gasteiger partial charge in [-0.2, -0.15) is 9.61 Å². The number of aromatic nitrogens is 4. The fourth-order valence-corrected chi connectivity index (χ4v) is 5.78. The maximum Gasteiger partial charge on any atom is 0.234 e. The van der Waals surface area contributed by atoms with Crippen molar-refractivity contribution in [2.75, 3.05) is 11.5 Å². The molecule has 1 aromatic carbocycles. The topological polar surface area (TPSA) is 77.2 Å². The molecular weight excluding hydrogens is 332 g/mol. The Labute approximate surface area is 138 Å². The molecule has 8 heteroatoms. The molecule has 1 unspecified atom stereocenters. The molecule has 1 saturated heterocycles. The average Bonchev–Trinajstić information content (AvgIpc) is 3.17. The summed E-state index contributed by atoms with van der Waals surface area (Å²) >= 11 is 1.50. The quantitative estimate of drug-likeness (QED) is 0.718. The van der Waals surface area contributed by atoms with Gasteiger partial charge in [-0.1, -0.05) is 41.7 Å². The van der Waals surface area contributed by atoms with Crippen molar-refractivity contribution in [1.29, 1.82) is 0 Å². The van der Waals surface area contributed by atoms with Gasteiger partial charge in [0.2, 0.25) is 4.96 Å². The molecule has 1 atom stereocenters. The number of hydrogen-bond acceptors (Lipinski definition) is 6. The summed E-state index contributed by atoms with van der Waals surface area (Å²) in [6.07, 6.45) is 2.13. The predicted octanol–water partition coefficient (Wildman–Crippen LogP) is 1.75. The van der Waals surface area contributed by atoms with Crippen LogP contribution < -0.4 is 0 Å². The maximum atomic E-state index is 11.6. The third-order valence-electron chi connectivity index (χ3n) is 4.09. The Morgan fingerprint density at radius 1 is 1.22 bits per heavy atom. The minimum Gasteiger partial charge on any atom is -0.229 e. The SMILES string of the molecule is O=S1(=O)CCC(Cc2nn3c(Cc4ccccc4)nnc3s2)C1. The molecule has 4 rings (SSSR count). The first-order valence-electron chi connectivity index (χ1n) is 7.53. The van der Waals surface area contributed by atoms with Crippen LogP contribution in [0.4, 0.5) is 0 Å². The zero-order chi connectivity index (χ0) is 15.9. The molecule has 0 bridgehead atoms. The molecule has 0 spiro atoms. The number of fused-ring (bicyclic) bond motifs is 1. The van der Waals surface area contributed by atoms with E-state index in [1.807, 2.05) is 18.2 Å². The van der Waals surface area contributed by atoms with Gasteiger partial charge in [0.05, 0.1) is 11.5 Å². The molecule has 0 N–H and O–H groups in total. The summed E-state index contributed by atoms with van der Waals surface area (Å²) in [5, 5.41) is 13.9. The van der Waals surface area contributed by atoms with Gasteiger partial charge in [-0.3, -0.25) is 0 Å². The van der Waals surface area contributed by atoms with Crippen molar-refractivity contribution in [2.24, 2.45) is 5.92 Å². The van der Waals surface area contributed by atoms with Crippen molar-refractivity contribution >= 4 is 26.1 Å². The lowest BCUT2D eigenvalue weighted by Gasteiger charge is -2.02. The molecule has 3 heterocycles. The van der Waals surface area contributed by atoms with E-state index in [1.54, 1.807) is 4.52 Å². The number of benzene rings is 1. The summed E-state index contributed by atoms with van der Waals surface area (Å²) in [4.78, 5) is 0.770. The lowest BCUT2D eigenvalue weighted by molar-refractivity contribution is 0.578. The van der Waals surface area contributed by atoms with Crippen molar-refractivity contribution in [1.82, 2.24) is 19.8 Å². The highest BCUT2D eigenvalue weighted by atomic mass is 32.2. The Hall–Kier alpha value is -1.80. The van der Waals surface area contributed by atoms with Crippen LogP contribution in [-0.2, 0) is 22.7 Å². The largest absolute Gasteiger partial charge is 0.234 e. The predicted molar refractivity (Wildman–Crippen MR) is 88.4 cm³/mol. The number of rotatable bonds is 4. The Kier molecular flexibility index (Phi) is 3.65. The number of sulfone groups is 1.